The van der Waals surface area contributed by atoms with E-state index >= 15 is 8.78 Å². The summed E-state index contributed by atoms with van der Waals surface area (Å²) in [6, 6.07) is 5.79. The summed E-state index contributed by atoms with van der Waals surface area (Å²) in [6.45, 7) is -0.277. The second-order valence-electron chi connectivity index (χ2n) is 15.1. The third-order valence-corrected chi connectivity index (χ3v) is 12.6. The van der Waals surface area contributed by atoms with Crippen LogP contribution in [-0.2, 0) is 79.0 Å². The number of carbonyl (C=O) groups is 1. The van der Waals surface area contributed by atoms with E-state index in [2.05, 4.69) is 32.3 Å². The zero-order valence-corrected chi connectivity index (χ0v) is 36.2. The van der Waals surface area contributed by atoms with Gasteiger partial charge in [-0.3, -0.25) is 14.2 Å². The van der Waals surface area contributed by atoms with Crippen LogP contribution >= 0.6 is 11.6 Å². The number of sulfone groups is 1. The van der Waals surface area contributed by atoms with Gasteiger partial charge in [-0.2, -0.15) is 45.3 Å². The summed E-state index contributed by atoms with van der Waals surface area (Å²) in [4.78, 5) is 18.4. The van der Waals surface area contributed by atoms with Gasteiger partial charge in [-0.15, -0.1) is 0 Å². The van der Waals surface area contributed by atoms with Gasteiger partial charge in [0.2, 0.25) is 5.91 Å². The van der Waals surface area contributed by atoms with E-state index < -0.39 is 111 Å². The number of nitrogens with two attached hydrogens (primary N) is 1. The summed E-state index contributed by atoms with van der Waals surface area (Å²) in [7, 11) is -3.80. The van der Waals surface area contributed by atoms with Crippen molar-refractivity contribution in [2.75, 3.05) is 12.0 Å². The van der Waals surface area contributed by atoms with E-state index in [1.54, 1.807) is 0 Å². The maximum atomic E-state index is 15.4. The quantitative estimate of drug-likeness (QED) is 0.113. The molecule has 3 heterocycles. The minimum atomic E-state index is -5.15. The molecule has 3 aromatic heterocycles. The maximum absolute atomic E-state index is 15.4. The molecule has 0 aliphatic heterocycles. The Bertz CT molecular complexity index is 2760. The van der Waals surface area contributed by atoms with Crippen LogP contribution in [0.15, 0.2) is 42.5 Å². The second-order valence-corrected chi connectivity index (χ2v) is 18.1. The third-order valence-electron chi connectivity index (χ3n) is 10.4. The molecule has 2 aliphatic carbocycles. The van der Waals surface area contributed by atoms with E-state index in [-0.39, 0.29) is 87.8 Å². The molecule has 0 saturated heterocycles. The SMILES string of the molecule is CC(C)(C#Cc1ccc(-c2ccc(Cl)c3c(N)nn(CC(F)(F)F)c23)c([C@H](Cc2cc(F)cc(F)c2)NC(=O)Cn2nc(C(F)(F)F)c3c2C(F)(F)[C@@H]2C[C@H]32)n1)S(C)(=O)=O.[Y]. The fraction of sp³-hybridized carbons (Fsp3) is 0.368. The number of aromatic nitrogens is 5. The number of nitrogens with zero attached hydrogens (tertiary/aromatic N) is 5. The van der Waals surface area contributed by atoms with Crippen molar-refractivity contribution in [3.8, 4) is 23.0 Å². The molecule has 3 atom stereocenters. The van der Waals surface area contributed by atoms with Gasteiger partial charge in [0, 0.05) is 67.6 Å². The smallest absolute Gasteiger partial charge is 0.382 e. The first-order chi connectivity index (χ1) is 27.7. The fourth-order valence-corrected chi connectivity index (χ4v) is 7.79. The number of pyridine rings is 1. The van der Waals surface area contributed by atoms with E-state index in [1.165, 1.54) is 38.1 Å². The van der Waals surface area contributed by atoms with Crippen LogP contribution in [0.2, 0.25) is 5.02 Å². The van der Waals surface area contributed by atoms with E-state index in [4.69, 9.17) is 17.3 Å². The van der Waals surface area contributed by atoms with Gasteiger partial charge >= 0.3 is 12.4 Å². The van der Waals surface area contributed by atoms with E-state index in [0.717, 1.165) is 18.4 Å². The summed E-state index contributed by atoms with van der Waals surface area (Å²) in [5.41, 5.74) is 1.61. The number of alkyl halides is 8. The number of rotatable bonds is 9. The van der Waals surface area contributed by atoms with Crippen LogP contribution in [0.25, 0.3) is 22.0 Å². The Labute approximate surface area is 370 Å². The number of fused-ring (bicyclic) bond motifs is 4. The van der Waals surface area contributed by atoms with Crippen molar-refractivity contribution in [2.24, 2.45) is 5.92 Å². The van der Waals surface area contributed by atoms with Gasteiger partial charge in [0.25, 0.3) is 5.92 Å². The Hall–Kier alpha value is -4.26. The van der Waals surface area contributed by atoms with Gasteiger partial charge in [-0.25, -0.2) is 22.2 Å². The standard InChI is InChI=1S/C38H30ClF10N7O3S.Y/c1-35(2,60(3,58)59)9-8-20-4-5-21(22-6-7-25(39)29-31(22)56(54-34(29)50)16-36(42,43)44)30(51-20)26(12-17-10-18(40)13-19(41)11-17)52-27(57)15-55-33-28(32(53-55)38(47,48)49)23-14-24(23)37(33,45)46;/h4-7,10-11,13,23-24,26H,12,14-16H2,1-3H3,(H2,50,54)(H,52,57);/t23-,24+,26-;/m0./s1. The van der Waals surface area contributed by atoms with Crippen LogP contribution < -0.4 is 11.1 Å². The molecule has 10 nitrogen and oxygen atoms in total. The zero-order chi connectivity index (χ0) is 44.1. The molecule has 23 heteroatoms. The van der Waals surface area contributed by atoms with Crippen molar-refractivity contribution < 1.29 is 89.8 Å². The van der Waals surface area contributed by atoms with Crippen molar-refractivity contribution >= 4 is 44.1 Å². The maximum Gasteiger partial charge on any atom is 0.435 e. The van der Waals surface area contributed by atoms with Gasteiger partial charge in [0.1, 0.15) is 40.9 Å². The predicted octanol–water partition coefficient (Wildman–Crippen LogP) is 7.87. The molecule has 1 radical (unpaired) electrons. The van der Waals surface area contributed by atoms with Gasteiger partial charge in [-0.1, -0.05) is 23.6 Å². The normalized spacial score (nSPS) is 17.5. The zero-order valence-electron chi connectivity index (χ0n) is 31.8. The van der Waals surface area contributed by atoms with Gasteiger partial charge in [0.05, 0.1) is 27.7 Å². The third kappa shape index (κ3) is 9.00. The summed E-state index contributed by atoms with van der Waals surface area (Å²) < 4.78 is 168. The number of anilines is 1. The number of nitrogen functional groups attached to an aromatic ring is 1. The first-order valence-corrected chi connectivity index (χ1v) is 20.0. The Kier molecular flexibility index (Phi) is 12.0. The molecule has 5 aromatic rings. The van der Waals surface area contributed by atoms with Crippen molar-refractivity contribution in [1.82, 2.24) is 29.9 Å². The van der Waals surface area contributed by atoms with E-state index in [9.17, 15) is 48.3 Å². The van der Waals surface area contributed by atoms with Gasteiger partial charge in [-0.05, 0) is 74.4 Å². The molecular formula is C38H30ClF10N7O3SY. The molecule has 1 amide bonds. The number of amides is 1. The first-order valence-electron chi connectivity index (χ1n) is 17.7. The largest absolute Gasteiger partial charge is 0.435 e. The predicted molar refractivity (Wildman–Crippen MR) is 197 cm³/mol. The number of halogens is 11. The van der Waals surface area contributed by atoms with Crippen molar-refractivity contribution in [2.45, 2.75) is 74.8 Å². The van der Waals surface area contributed by atoms with Crippen LogP contribution in [0.1, 0.15) is 66.1 Å². The van der Waals surface area contributed by atoms with Crippen LogP contribution in [0, 0.1) is 29.4 Å². The molecule has 2 aliphatic rings. The Morgan fingerprint density at radius 2 is 1.66 bits per heavy atom. The molecule has 7 rings (SSSR count). The van der Waals surface area contributed by atoms with E-state index in [0.29, 0.717) is 10.7 Å². The molecule has 1 fully saturated rings. The van der Waals surface area contributed by atoms with Gasteiger partial charge < -0.3 is 11.1 Å². The number of benzene rings is 2. The monoisotopic (exact) mass is 978 g/mol. The van der Waals surface area contributed by atoms with Gasteiger partial charge in [0.15, 0.2) is 21.3 Å². The average Bonchev–Trinajstić information content (AvgIpc) is 3.64. The molecule has 2 aromatic carbocycles. The van der Waals surface area contributed by atoms with Crippen LogP contribution in [-0.4, -0.2) is 56.0 Å². The molecule has 0 spiro atoms. The molecular weight excluding hydrogens is 949 g/mol. The van der Waals surface area contributed by atoms with Crippen molar-refractivity contribution in [1.29, 1.82) is 0 Å². The fourth-order valence-electron chi connectivity index (χ4n) is 7.30. The minimum Gasteiger partial charge on any atom is -0.382 e. The second kappa shape index (κ2) is 15.8. The van der Waals surface area contributed by atoms with Crippen molar-refractivity contribution in [3.63, 3.8) is 0 Å². The number of nitrogens with one attached hydrogen (secondary N) is 1. The van der Waals surface area contributed by atoms with Crippen molar-refractivity contribution in [3.05, 3.63) is 93.0 Å². The number of carbonyl (C=O) groups excluding carboxylic acids is 1. The average molecular weight is 979 g/mol. The number of hydrogen-bond donors (Lipinski definition) is 2. The molecule has 1 saturated carbocycles. The molecule has 61 heavy (non-hydrogen) atoms. The summed E-state index contributed by atoms with van der Waals surface area (Å²) in [5, 5.41) is 9.45. The summed E-state index contributed by atoms with van der Waals surface area (Å²) >= 11 is 6.38. The Morgan fingerprint density at radius 3 is 2.26 bits per heavy atom. The van der Waals surface area contributed by atoms with E-state index in [1.807, 2.05) is 0 Å². The summed E-state index contributed by atoms with van der Waals surface area (Å²) in [5.74, 6) is -4.90. The molecule has 3 N–H and O–H groups in total. The number of hydrogen-bond acceptors (Lipinski definition) is 7. The Balaban J connectivity index is 0.00000622. The minimum absolute atomic E-state index is 0. The van der Waals surface area contributed by atoms with Crippen LogP contribution in [0.4, 0.5) is 49.7 Å². The Morgan fingerprint density at radius 1 is 1.02 bits per heavy atom. The topological polar surface area (TPSA) is 138 Å². The first kappa shape index (κ1) is 46.3. The van der Waals surface area contributed by atoms with Crippen LogP contribution in [0.3, 0.4) is 0 Å². The molecule has 321 valence electrons. The summed E-state index contributed by atoms with van der Waals surface area (Å²) in [6.07, 6.45) is -9.85. The molecule has 0 unspecified atom stereocenters. The van der Waals surface area contributed by atoms with Crippen LogP contribution in [0.5, 0.6) is 0 Å². The molecule has 0 bridgehead atoms.